The summed E-state index contributed by atoms with van der Waals surface area (Å²) in [4.78, 5) is 11.7. The fourth-order valence-electron chi connectivity index (χ4n) is 1.62. The first-order chi connectivity index (χ1) is 6.92. The number of carbonyl (C=O) groups is 1. The Hall–Kier alpha value is -1.08. The van der Waals surface area contributed by atoms with Gasteiger partial charge < -0.3 is 10.1 Å². The third kappa shape index (κ3) is 3.88. The molecule has 0 spiro atoms. The van der Waals surface area contributed by atoms with Crippen molar-refractivity contribution < 1.29 is 9.53 Å². The SMILES string of the molecule is CC(C)(C)OC(=O)[C@H]1CCN[C@H](C#N)C1. The van der Waals surface area contributed by atoms with E-state index in [9.17, 15) is 4.79 Å². The molecular weight excluding hydrogens is 192 g/mol. The second-order valence-corrected chi connectivity index (χ2v) is 4.89. The highest BCUT2D eigenvalue weighted by Crippen LogP contribution is 2.20. The van der Waals surface area contributed by atoms with Crippen LogP contribution in [0.2, 0.25) is 0 Å². The van der Waals surface area contributed by atoms with E-state index >= 15 is 0 Å². The van der Waals surface area contributed by atoms with E-state index in [1.165, 1.54) is 0 Å². The van der Waals surface area contributed by atoms with Crippen LogP contribution in [0.4, 0.5) is 0 Å². The lowest BCUT2D eigenvalue weighted by molar-refractivity contribution is -0.161. The zero-order chi connectivity index (χ0) is 11.5. The van der Waals surface area contributed by atoms with Gasteiger partial charge in [0.05, 0.1) is 18.0 Å². The first kappa shape index (κ1) is 12.0. The van der Waals surface area contributed by atoms with Gasteiger partial charge in [0.15, 0.2) is 0 Å². The number of piperidine rings is 1. The number of esters is 1. The largest absolute Gasteiger partial charge is 0.460 e. The average Bonchev–Trinajstić information content (AvgIpc) is 2.15. The third-order valence-corrected chi connectivity index (χ3v) is 2.30. The van der Waals surface area contributed by atoms with Gasteiger partial charge in [-0.3, -0.25) is 4.79 Å². The van der Waals surface area contributed by atoms with E-state index in [1.54, 1.807) is 0 Å². The van der Waals surface area contributed by atoms with Crippen molar-refractivity contribution in [1.29, 1.82) is 5.26 Å². The Balaban J connectivity index is 2.50. The van der Waals surface area contributed by atoms with Crippen LogP contribution in [0.15, 0.2) is 0 Å². The van der Waals surface area contributed by atoms with E-state index in [-0.39, 0.29) is 17.9 Å². The summed E-state index contributed by atoms with van der Waals surface area (Å²) in [6.07, 6.45) is 1.32. The molecule has 4 nitrogen and oxygen atoms in total. The molecule has 0 aromatic carbocycles. The van der Waals surface area contributed by atoms with Gasteiger partial charge in [0.25, 0.3) is 0 Å². The lowest BCUT2D eigenvalue weighted by Crippen LogP contribution is -2.41. The summed E-state index contributed by atoms with van der Waals surface area (Å²) in [7, 11) is 0. The van der Waals surface area contributed by atoms with Crippen molar-refractivity contribution in [2.75, 3.05) is 6.54 Å². The summed E-state index contributed by atoms with van der Waals surface area (Å²) in [6, 6.07) is 1.92. The van der Waals surface area contributed by atoms with Gasteiger partial charge in [-0.15, -0.1) is 0 Å². The maximum absolute atomic E-state index is 11.7. The molecule has 0 unspecified atom stereocenters. The van der Waals surface area contributed by atoms with E-state index in [4.69, 9.17) is 10.00 Å². The molecule has 1 rings (SSSR count). The van der Waals surface area contributed by atoms with Crippen molar-refractivity contribution >= 4 is 5.97 Å². The Labute approximate surface area is 90.6 Å². The number of carbonyl (C=O) groups excluding carboxylic acids is 1. The summed E-state index contributed by atoms with van der Waals surface area (Å²) in [6.45, 7) is 6.28. The van der Waals surface area contributed by atoms with Crippen molar-refractivity contribution in [1.82, 2.24) is 5.32 Å². The van der Waals surface area contributed by atoms with Crippen LogP contribution in [0.3, 0.4) is 0 Å². The minimum atomic E-state index is -0.440. The molecule has 1 N–H and O–H groups in total. The molecule has 1 fully saturated rings. The fraction of sp³-hybridized carbons (Fsp3) is 0.818. The van der Waals surface area contributed by atoms with Gasteiger partial charge in [0, 0.05) is 0 Å². The van der Waals surface area contributed by atoms with Crippen LogP contribution >= 0.6 is 0 Å². The maximum atomic E-state index is 11.7. The molecular formula is C11H18N2O2. The van der Waals surface area contributed by atoms with Gasteiger partial charge in [-0.1, -0.05) is 0 Å². The Morgan fingerprint density at radius 1 is 1.53 bits per heavy atom. The molecule has 0 saturated carbocycles. The van der Waals surface area contributed by atoms with Crippen molar-refractivity contribution in [3.63, 3.8) is 0 Å². The van der Waals surface area contributed by atoms with Gasteiger partial charge in [0.2, 0.25) is 0 Å². The van der Waals surface area contributed by atoms with Crippen LogP contribution < -0.4 is 5.32 Å². The molecule has 1 aliphatic heterocycles. The average molecular weight is 210 g/mol. The lowest BCUT2D eigenvalue weighted by Gasteiger charge is -2.28. The van der Waals surface area contributed by atoms with E-state index in [2.05, 4.69) is 11.4 Å². The zero-order valence-electron chi connectivity index (χ0n) is 9.54. The van der Waals surface area contributed by atoms with Gasteiger partial charge >= 0.3 is 5.97 Å². The smallest absolute Gasteiger partial charge is 0.309 e. The lowest BCUT2D eigenvalue weighted by atomic mass is 9.93. The van der Waals surface area contributed by atoms with Crippen molar-refractivity contribution in [3.05, 3.63) is 0 Å². The van der Waals surface area contributed by atoms with E-state index < -0.39 is 5.60 Å². The first-order valence-corrected chi connectivity index (χ1v) is 5.28. The normalized spacial score (nSPS) is 26.8. The predicted molar refractivity (Wildman–Crippen MR) is 56.0 cm³/mol. The number of hydrogen-bond donors (Lipinski definition) is 1. The molecule has 0 bridgehead atoms. The minimum Gasteiger partial charge on any atom is -0.460 e. The summed E-state index contributed by atoms with van der Waals surface area (Å²) in [5.74, 6) is -0.306. The van der Waals surface area contributed by atoms with Crippen molar-refractivity contribution in [2.45, 2.75) is 45.3 Å². The second-order valence-electron chi connectivity index (χ2n) is 4.89. The molecule has 2 atom stereocenters. The number of nitrogens with one attached hydrogen (secondary N) is 1. The summed E-state index contributed by atoms with van der Waals surface area (Å²) in [5.41, 5.74) is -0.440. The van der Waals surface area contributed by atoms with Gasteiger partial charge in [-0.25, -0.2) is 0 Å². The first-order valence-electron chi connectivity index (χ1n) is 5.28. The number of rotatable bonds is 1. The highest BCUT2D eigenvalue weighted by molar-refractivity contribution is 5.73. The Morgan fingerprint density at radius 3 is 2.73 bits per heavy atom. The van der Waals surface area contributed by atoms with E-state index in [0.29, 0.717) is 13.0 Å². The van der Waals surface area contributed by atoms with E-state index in [1.807, 2.05) is 20.8 Å². The molecule has 1 heterocycles. The Kier molecular flexibility index (Phi) is 3.70. The number of hydrogen-bond acceptors (Lipinski definition) is 4. The topological polar surface area (TPSA) is 62.1 Å². The molecule has 0 radical (unpaired) electrons. The zero-order valence-corrected chi connectivity index (χ0v) is 9.54. The van der Waals surface area contributed by atoms with Crippen LogP contribution in [-0.4, -0.2) is 24.2 Å². The molecule has 0 aliphatic carbocycles. The van der Waals surface area contributed by atoms with Gasteiger partial charge in [-0.05, 0) is 40.2 Å². The summed E-state index contributed by atoms with van der Waals surface area (Å²) >= 11 is 0. The van der Waals surface area contributed by atoms with Crippen molar-refractivity contribution in [3.8, 4) is 6.07 Å². The fourth-order valence-corrected chi connectivity index (χ4v) is 1.62. The molecule has 0 amide bonds. The quantitative estimate of drug-likeness (QED) is 0.661. The Morgan fingerprint density at radius 2 is 2.20 bits per heavy atom. The number of nitriles is 1. The van der Waals surface area contributed by atoms with Crippen LogP contribution in [0, 0.1) is 17.2 Å². The minimum absolute atomic E-state index is 0.130. The van der Waals surface area contributed by atoms with Crippen molar-refractivity contribution in [2.24, 2.45) is 5.92 Å². The van der Waals surface area contributed by atoms with Crippen LogP contribution in [0.25, 0.3) is 0 Å². The van der Waals surface area contributed by atoms with Crippen LogP contribution in [0.1, 0.15) is 33.6 Å². The molecule has 1 aliphatic rings. The molecule has 0 aromatic heterocycles. The molecule has 0 aromatic rings. The summed E-state index contributed by atoms with van der Waals surface area (Å²) < 4.78 is 5.29. The van der Waals surface area contributed by atoms with Crippen LogP contribution in [-0.2, 0) is 9.53 Å². The number of ether oxygens (including phenoxy) is 1. The Bertz CT molecular complexity index is 275. The maximum Gasteiger partial charge on any atom is 0.309 e. The molecule has 15 heavy (non-hydrogen) atoms. The van der Waals surface area contributed by atoms with Crippen LogP contribution in [0.5, 0.6) is 0 Å². The second kappa shape index (κ2) is 4.63. The highest BCUT2D eigenvalue weighted by Gasteiger charge is 2.30. The highest BCUT2D eigenvalue weighted by atomic mass is 16.6. The van der Waals surface area contributed by atoms with Gasteiger partial charge in [-0.2, -0.15) is 5.26 Å². The monoisotopic (exact) mass is 210 g/mol. The summed E-state index contributed by atoms with van der Waals surface area (Å²) in [5, 5.41) is 11.8. The number of nitrogens with zero attached hydrogens (tertiary/aromatic N) is 1. The predicted octanol–water partition coefficient (Wildman–Crippen LogP) is 1.22. The molecule has 4 heteroatoms. The standard InChI is InChI=1S/C11H18N2O2/c1-11(2,3)15-10(14)8-4-5-13-9(6-8)7-12/h8-9,13H,4-6H2,1-3H3/t8-,9-/m0/s1. The third-order valence-electron chi connectivity index (χ3n) is 2.30. The molecule has 84 valence electrons. The van der Waals surface area contributed by atoms with E-state index in [0.717, 1.165) is 6.42 Å². The molecule has 1 saturated heterocycles. The van der Waals surface area contributed by atoms with Gasteiger partial charge in [0.1, 0.15) is 5.60 Å².